The van der Waals surface area contributed by atoms with Crippen LogP contribution in [0, 0.1) is 6.92 Å². The van der Waals surface area contributed by atoms with E-state index in [0.717, 1.165) is 11.1 Å². The molecular weight excluding hydrogens is 168 g/mol. The van der Waals surface area contributed by atoms with Gasteiger partial charge in [-0.2, -0.15) is 0 Å². The molecule has 3 heteroatoms. The number of hydrogen-bond donors (Lipinski definition) is 1. The lowest BCUT2D eigenvalue weighted by molar-refractivity contribution is -0.136. The molecule has 3 nitrogen and oxygen atoms in total. The Morgan fingerprint density at radius 1 is 1.46 bits per heavy atom. The first-order chi connectivity index (χ1) is 6.11. The van der Waals surface area contributed by atoms with Crippen LogP contribution in [0.3, 0.4) is 0 Å². The van der Waals surface area contributed by atoms with Crippen molar-refractivity contribution in [2.75, 3.05) is 7.11 Å². The minimum Gasteiger partial charge on any atom is -0.497 e. The lowest BCUT2D eigenvalue weighted by atomic mass is 10.1. The molecule has 0 aromatic heterocycles. The molecule has 0 fully saturated rings. The Morgan fingerprint density at radius 3 is 2.69 bits per heavy atom. The average molecular weight is 180 g/mol. The van der Waals surface area contributed by atoms with E-state index in [9.17, 15) is 4.79 Å². The first-order valence-corrected chi connectivity index (χ1v) is 3.98. The summed E-state index contributed by atoms with van der Waals surface area (Å²) in [7, 11) is 1.57. The summed E-state index contributed by atoms with van der Waals surface area (Å²) in [5.74, 6) is -0.121. The van der Waals surface area contributed by atoms with E-state index < -0.39 is 5.97 Å². The minimum atomic E-state index is -0.826. The predicted octanol–water partition coefficient (Wildman–Crippen LogP) is 1.63. The molecule has 1 aromatic rings. The molecule has 0 aliphatic rings. The average Bonchev–Trinajstić information content (AvgIpc) is 2.01. The number of hydrogen-bond acceptors (Lipinski definition) is 2. The van der Waals surface area contributed by atoms with Crippen molar-refractivity contribution in [3.8, 4) is 5.75 Å². The van der Waals surface area contributed by atoms with E-state index >= 15 is 0 Å². The second kappa shape index (κ2) is 3.94. The molecule has 0 aliphatic carbocycles. The molecule has 0 radical (unpaired) electrons. The molecule has 0 spiro atoms. The van der Waals surface area contributed by atoms with Crippen LogP contribution in [0.5, 0.6) is 5.75 Å². The molecule has 1 N–H and O–H groups in total. The summed E-state index contributed by atoms with van der Waals surface area (Å²) in [6.45, 7) is 1.91. The Hall–Kier alpha value is -1.51. The van der Waals surface area contributed by atoms with Gasteiger partial charge in [-0.3, -0.25) is 4.79 Å². The van der Waals surface area contributed by atoms with Crippen LogP contribution in [-0.2, 0) is 11.2 Å². The van der Waals surface area contributed by atoms with Crippen LogP contribution in [0.1, 0.15) is 11.1 Å². The Kier molecular flexibility index (Phi) is 2.90. The number of rotatable bonds is 3. The van der Waals surface area contributed by atoms with Crippen LogP contribution in [0.2, 0.25) is 0 Å². The highest BCUT2D eigenvalue weighted by Crippen LogP contribution is 2.16. The first kappa shape index (κ1) is 9.58. The highest BCUT2D eigenvalue weighted by atomic mass is 16.5. The van der Waals surface area contributed by atoms with E-state index in [1.165, 1.54) is 0 Å². The maximum Gasteiger partial charge on any atom is 0.307 e. The minimum absolute atomic E-state index is 0.0397. The van der Waals surface area contributed by atoms with E-state index in [2.05, 4.69) is 0 Å². The molecule has 0 amide bonds. The third-order valence-corrected chi connectivity index (χ3v) is 1.70. The number of aryl methyl sites for hydroxylation is 1. The molecule has 1 rings (SSSR count). The molecule has 0 aliphatic heterocycles. The summed E-state index contributed by atoms with van der Waals surface area (Å²) >= 11 is 0. The molecule has 13 heavy (non-hydrogen) atoms. The number of carbonyl (C=O) groups is 1. The number of methoxy groups -OCH3 is 1. The number of benzene rings is 1. The van der Waals surface area contributed by atoms with E-state index in [1.807, 2.05) is 19.1 Å². The predicted molar refractivity (Wildman–Crippen MR) is 49.1 cm³/mol. The van der Waals surface area contributed by atoms with Gasteiger partial charge in [-0.25, -0.2) is 0 Å². The fourth-order valence-corrected chi connectivity index (χ4v) is 1.22. The lowest BCUT2D eigenvalue weighted by Gasteiger charge is -2.04. The summed E-state index contributed by atoms with van der Waals surface area (Å²) in [5.41, 5.74) is 1.78. The first-order valence-electron chi connectivity index (χ1n) is 3.98. The molecule has 0 bridgehead atoms. The van der Waals surface area contributed by atoms with Crippen LogP contribution in [-0.4, -0.2) is 18.2 Å². The van der Waals surface area contributed by atoms with Crippen LogP contribution in [0.4, 0.5) is 0 Å². The van der Waals surface area contributed by atoms with Gasteiger partial charge in [-0.15, -0.1) is 0 Å². The topological polar surface area (TPSA) is 46.5 Å². The van der Waals surface area contributed by atoms with Crippen molar-refractivity contribution >= 4 is 5.97 Å². The standard InChI is InChI=1S/C10H12O3/c1-7-3-8(6-10(11)12)5-9(4-7)13-2/h3-5H,6H2,1-2H3,(H,11,12). The molecule has 0 atom stereocenters. The molecule has 0 unspecified atom stereocenters. The highest BCUT2D eigenvalue weighted by Gasteiger charge is 2.02. The van der Waals surface area contributed by atoms with Gasteiger partial charge >= 0.3 is 5.97 Å². The molecule has 0 saturated heterocycles. The molecule has 0 heterocycles. The smallest absolute Gasteiger partial charge is 0.307 e. The van der Waals surface area contributed by atoms with Gasteiger partial charge in [-0.1, -0.05) is 6.07 Å². The van der Waals surface area contributed by atoms with Gasteiger partial charge in [0, 0.05) is 0 Å². The number of carboxylic acids is 1. The Morgan fingerprint density at radius 2 is 2.15 bits per heavy atom. The second-order valence-electron chi connectivity index (χ2n) is 2.93. The van der Waals surface area contributed by atoms with Crippen molar-refractivity contribution in [2.24, 2.45) is 0 Å². The normalized spacial score (nSPS) is 9.69. The van der Waals surface area contributed by atoms with Crippen molar-refractivity contribution in [1.82, 2.24) is 0 Å². The van der Waals surface area contributed by atoms with E-state index in [0.29, 0.717) is 5.75 Å². The maximum atomic E-state index is 10.4. The summed E-state index contributed by atoms with van der Waals surface area (Å²) in [6, 6.07) is 5.45. The fraction of sp³-hybridized carbons (Fsp3) is 0.300. The zero-order valence-electron chi connectivity index (χ0n) is 7.70. The van der Waals surface area contributed by atoms with Crippen LogP contribution in [0.25, 0.3) is 0 Å². The summed E-state index contributed by atoms with van der Waals surface area (Å²) in [6.07, 6.45) is 0.0397. The zero-order valence-corrected chi connectivity index (χ0v) is 7.70. The Bertz CT molecular complexity index is 318. The van der Waals surface area contributed by atoms with Crippen molar-refractivity contribution < 1.29 is 14.6 Å². The van der Waals surface area contributed by atoms with Crippen LogP contribution < -0.4 is 4.74 Å². The third-order valence-electron chi connectivity index (χ3n) is 1.70. The maximum absolute atomic E-state index is 10.4. The number of ether oxygens (including phenoxy) is 1. The van der Waals surface area contributed by atoms with Gasteiger partial charge in [0.1, 0.15) is 5.75 Å². The van der Waals surface area contributed by atoms with Gasteiger partial charge in [-0.05, 0) is 30.2 Å². The van der Waals surface area contributed by atoms with Crippen LogP contribution >= 0.6 is 0 Å². The molecular formula is C10H12O3. The van der Waals surface area contributed by atoms with Gasteiger partial charge < -0.3 is 9.84 Å². The summed E-state index contributed by atoms with van der Waals surface area (Å²) in [5, 5.41) is 8.58. The summed E-state index contributed by atoms with van der Waals surface area (Å²) < 4.78 is 5.02. The van der Waals surface area contributed by atoms with Crippen molar-refractivity contribution in [3.63, 3.8) is 0 Å². The Balaban J connectivity index is 2.94. The largest absolute Gasteiger partial charge is 0.497 e. The van der Waals surface area contributed by atoms with Crippen molar-refractivity contribution in [1.29, 1.82) is 0 Å². The number of aliphatic carboxylic acids is 1. The monoisotopic (exact) mass is 180 g/mol. The molecule has 1 aromatic carbocycles. The Labute approximate surface area is 77.0 Å². The van der Waals surface area contributed by atoms with Crippen molar-refractivity contribution in [3.05, 3.63) is 29.3 Å². The van der Waals surface area contributed by atoms with Gasteiger partial charge in [0.2, 0.25) is 0 Å². The quantitative estimate of drug-likeness (QED) is 0.769. The molecule has 0 saturated carbocycles. The number of carboxylic acid groups (broad SMARTS) is 1. The molecule has 70 valence electrons. The van der Waals surface area contributed by atoms with E-state index in [-0.39, 0.29) is 6.42 Å². The lowest BCUT2D eigenvalue weighted by Crippen LogP contribution is -2.00. The van der Waals surface area contributed by atoms with Gasteiger partial charge in [0.15, 0.2) is 0 Å². The van der Waals surface area contributed by atoms with E-state index in [1.54, 1.807) is 13.2 Å². The SMILES string of the molecule is COc1cc(C)cc(CC(=O)O)c1. The van der Waals surface area contributed by atoms with Crippen molar-refractivity contribution in [2.45, 2.75) is 13.3 Å². The van der Waals surface area contributed by atoms with Gasteiger partial charge in [0.25, 0.3) is 0 Å². The summed E-state index contributed by atoms with van der Waals surface area (Å²) in [4.78, 5) is 10.4. The van der Waals surface area contributed by atoms with Crippen LogP contribution in [0.15, 0.2) is 18.2 Å². The van der Waals surface area contributed by atoms with Gasteiger partial charge in [0.05, 0.1) is 13.5 Å². The third kappa shape index (κ3) is 2.78. The van der Waals surface area contributed by atoms with E-state index in [4.69, 9.17) is 9.84 Å². The fourth-order valence-electron chi connectivity index (χ4n) is 1.22. The highest BCUT2D eigenvalue weighted by molar-refractivity contribution is 5.70. The second-order valence-corrected chi connectivity index (χ2v) is 2.93. The zero-order chi connectivity index (χ0) is 9.84.